The standard InChI is InChI=1S/C15H13BrO6S/c1-20-13-7-6-11(16)9-14(13)23(18,19)22-12-5-3-4-10(8-12)15(17)21-2/h3-9H,1-2H3. The number of carbonyl (C=O) groups is 1. The number of ether oxygens (including phenoxy) is 2. The summed E-state index contributed by atoms with van der Waals surface area (Å²) in [4.78, 5) is 11.4. The predicted molar refractivity (Wildman–Crippen MR) is 86.3 cm³/mol. The molecule has 2 aromatic carbocycles. The molecule has 2 aromatic rings. The molecule has 0 atom stereocenters. The number of carbonyl (C=O) groups excluding carboxylic acids is 1. The molecule has 0 aliphatic rings. The fourth-order valence-corrected chi connectivity index (χ4v) is 3.44. The number of halogens is 1. The van der Waals surface area contributed by atoms with Gasteiger partial charge in [-0.25, -0.2) is 4.79 Å². The van der Waals surface area contributed by atoms with Gasteiger partial charge in [-0.2, -0.15) is 8.42 Å². The number of hydrogen-bond acceptors (Lipinski definition) is 6. The lowest BCUT2D eigenvalue weighted by molar-refractivity contribution is 0.0600. The molecule has 0 saturated carbocycles. The molecule has 0 spiro atoms. The minimum absolute atomic E-state index is 0.00470. The Morgan fingerprint density at radius 3 is 2.48 bits per heavy atom. The third-order valence-corrected chi connectivity index (χ3v) is 4.62. The van der Waals surface area contributed by atoms with Crippen molar-refractivity contribution >= 4 is 32.0 Å². The van der Waals surface area contributed by atoms with Gasteiger partial charge in [-0.1, -0.05) is 22.0 Å². The number of esters is 1. The Morgan fingerprint density at radius 2 is 1.83 bits per heavy atom. The molecule has 0 amide bonds. The molecule has 2 rings (SSSR count). The third kappa shape index (κ3) is 4.02. The molecule has 0 aromatic heterocycles. The molecule has 0 N–H and O–H groups in total. The van der Waals surface area contributed by atoms with Crippen molar-refractivity contribution in [3.63, 3.8) is 0 Å². The fourth-order valence-electron chi connectivity index (χ4n) is 1.81. The summed E-state index contributed by atoms with van der Waals surface area (Å²) in [6.45, 7) is 0. The molecule has 122 valence electrons. The minimum atomic E-state index is -4.13. The average molecular weight is 401 g/mol. The Morgan fingerprint density at radius 1 is 1.09 bits per heavy atom. The van der Waals surface area contributed by atoms with Crippen molar-refractivity contribution in [1.29, 1.82) is 0 Å². The highest BCUT2D eigenvalue weighted by molar-refractivity contribution is 9.10. The quantitative estimate of drug-likeness (QED) is 0.566. The van der Waals surface area contributed by atoms with Crippen LogP contribution in [0.1, 0.15) is 10.4 Å². The summed E-state index contributed by atoms with van der Waals surface area (Å²) in [7, 11) is -1.54. The van der Waals surface area contributed by atoms with Crippen molar-refractivity contribution in [2.45, 2.75) is 4.90 Å². The summed E-state index contributed by atoms with van der Waals surface area (Å²) < 4.78 is 40.2. The SMILES string of the molecule is COC(=O)c1cccc(OS(=O)(=O)c2cc(Br)ccc2OC)c1. The van der Waals surface area contributed by atoms with Crippen molar-refractivity contribution in [2.24, 2.45) is 0 Å². The van der Waals surface area contributed by atoms with Gasteiger partial charge in [0.2, 0.25) is 0 Å². The van der Waals surface area contributed by atoms with Gasteiger partial charge in [-0.3, -0.25) is 0 Å². The molecule has 0 aliphatic carbocycles. The molecule has 6 nitrogen and oxygen atoms in total. The molecule has 0 unspecified atom stereocenters. The highest BCUT2D eigenvalue weighted by atomic mass is 79.9. The van der Waals surface area contributed by atoms with Crippen molar-refractivity contribution < 1.29 is 26.9 Å². The number of hydrogen-bond donors (Lipinski definition) is 0. The molecule has 0 bridgehead atoms. The fraction of sp³-hybridized carbons (Fsp3) is 0.133. The van der Waals surface area contributed by atoms with Crippen molar-refractivity contribution in [2.75, 3.05) is 14.2 Å². The van der Waals surface area contributed by atoms with Crippen LogP contribution in [0.2, 0.25) is 0 Å². The van der Waals surface area contributed by atoms with Gasteiger partial charge < -0.3 is 13.7 Å². The maximum atomic E-state index is 12.4. The predicted octanol–water partition coefficient (Wildman–Crippen LogP) is 3.01. The molecule has 0 fully saturated rings. The monoisotopic (exact) mass is 400 g/mol. The first kappa shape index (κ1) is 17.3. The number of rotatable bonds is 5. The highest BCUT2D eigenvalue weighted by Gasteiger charge is 2.23. The molecule has 0 heterocycles. The van der Waals surface area contributed by atoms with E-state index in [2.05, 4.69) is 20.7 Å². The summed E-state index contributed by atoms with van der Waals surface area (Å²) in [5, 5.41) is 0. The smallest absolute Gasteiger partial charge is 0.342 e. The molecular weight excluding hydrogens is 388 g/mol. The second-order valence-electron chi connectivity index (χ2n) is 4.35. The zero-order chi connectivity index (χ0) is 17.0. The number of methoxy groups -OCH3 is 2. The maximum Gasteiger partial charge on any atom is 0.342 e. The summed E-state index contributed by atoms with van der Waals surface area (Å²) in [6.07, 6.45) is 0. The molecule has 8 heteroatoms. The molecular formula is C15H13BrO6S. The first-order valence-corrected chi connectivity index (χ1v) is 8.54. The van der Waals surface area contributed by atoms with Crippen molar-refractivity contribution in [1.82, 2.24) is 0 Å². The van der Waals surface area contributed by atoms with E-state index in [1.807, 2.05) is 0 Å². The molecule has 0 aliphatic heterocycles. The van der Waals surface area contributed by atoms with Crippen molar-refractivity contribution in [3.8, 4) is 11.5 Å². The zero-order valence-corrected chi connectivity index (χ0v) is 14.7. The lowest BCUT2D eigenvalue weighted by atomic mass is 10.2. The maximum absolute atomic E-state index is 12.4. The van der Waals surface area contributed by atoms with Crippen LogP contribution in [-0.2, 0) is 14.9 Å². The topological polar surface area (TPSA) is 78.9 Å². The van der Waals surface area contributed by atoms with E-state index < -0.39 is 16.1 Å². The van der Waals surface area contributed by atoms with Crippen LogP contribution in [-0.4, -0.2) is 28.6 Å². The van der Waals surface area contributed by atoms with Gasteiger partial charge in [-0.05, 0) is 36.4 Å². The molecule has 23 heavy (non-hydrogen) atoms. The number of benzene rings is 2. The summed E-state index contributed by atoms with van der Waals surface area (Å²) >= 11 is 3.21. The van der Waals surface area contributed by atoms with Gasteiger partial charge in [0.05, 0.1) is 19.8 Å². The first-order valence-electron chi connectivity index (χ1n) is 6.34. The second-order valence-corrected chi connectivity index (χ2v) is 6.78. The van der Waals surface area contributed by atoms with E-state index in [9.17, 15) is 13.2 Å². The lowest BCUT2D eigenvalue weighted by Gasteiger charge is -2.11. The summed E-state index contributed by atoms with van der Waals surface area (Å²) in [5.74, 6) is -0.444. The Hall–Kier alpha value is -2.06. The van der Waals surface area contributed by atoms with Crippen LogP contribution in [0.15, 0.2) is 51.8 Å². The van der Waals surface area contributed by atoms with E-state index >= 15 is 0 Å². The minimum Gasteiger partial charge on any atom is -0.495 e. The van der Waals surface area contributed by atoms with Gasteiger partial charge in [-0.15, -0.1) is 0 Å². The average Bonchev–Trinajstić information content (AvgIpc) is 2.54. The highest BCUT2D eigenvalue weighted by Crippen LogP contribution is 2.30. The van der Waals surface area contributed by atoms with E-state index in [0.29, 0.717) is 4.47 Å². The Balaban J connectivity index is 2.39. The van der Waals surface area contributed by atoms with Crippen LogP contribution in [0.4, 0.5) is 0 Å². The van der Waals surface area contributed by atoms with Crippen LogP contribution in [0.25, 0.3) is 0 Å². The molecule has 0 radical (unpaired) electrons. The van der Waals surface area contributed by atoms with Gasteiger partial charge >= 0.3 is 16.1 Å². The zero-order valence-electron chi connectivity index (χ0n) is 12.3. The van der Waals surface area contributed by atoms with Gasteiger partial charge in [0, 0.05) is 4.47 Å². The summed E-state index contributed by atoms with van der Waals surface area (Å²) in [5.41, 5.74) is 0.182. The normalized spacial score (nSPS) is 10.9. The van der Waals surface area contributed by atoms with Crippen LogP contribution >= 0.6 is 15.9 Å². The Bertz CT molecular complexity index is 832. The Labute approximate surface area is 142 Å². The van der Waals surface area contributed by atoms with Crippen LogP contribution < -0.4 is 8.92 Å². The van der Waals surface area contributed by atoms with Crippen LogP contribution in [0.3, 0.4) is 0 Å². The lowest BCUT2D eigenvalue weighted by Crippen LogP contribution is -2.12. The first-order chi connectivity index (χ1) is 10.9. The van der Waals surface area contributed by atoms with E-state index in [0.717, 1.165) is 0 Å². The third-order valence-electron chi connectivity index (χ3n) is 2.86. The van der Waals surface area contributed by atoms with Crippen molar-refractivity contribution in [3.05, 3.63) is 52.5 Å². The van der Waals surface area contributed by atoms with Gasteiger partial charge in [0.1, 0.15) is 16.4 Å². The summed E-state index contributed by atoms with van der Waals surface area (Å²) in [6, 6.07) is 10.2. The van der Waals surface area contributed by atoms with E-state index in [4.69, 9.17) is 8.92 Å². The van der Waals surface area contributed by atoms with Crippen LogP contribution in [0, 0.1) is 0 Å². The van der Waals surface area contributed by atoms with E-state index in [1.165, 1.54) is 50.6 Å². The van der Waals surface area contributed by atoms with Gasteiger partial charge in [0.15, 0.2) is 0 Å². The second kappa shape index (κ2) is 7.01. The van der Waals surface area contributed by atoms with E-state index in [-0.39, 0.29) is 22.0 Å². The van der Waals surface area contributed by atoms with Crippen LogP contribution in [0.5, 0.6) is 11.5 Å². The van der Waals surface area contributed by atoms with E-state index in [1.54, 1.807) is 6.07 Å². The van der Waals surface area contributed by atoms with Gasteiger partial charge in [0.25, 0.3) is 0 Å². The largest absolute Gasteiger partial charge is 0.495 e. The Kier molecular flexibility index (Phi) is 5.27. The molecule has 0 saturated heterocycles.